The molecule has 2 aromatic heterocycles. The highest BCUT2D eigenvalue weighted by Gasteiger charge is 2.27. The molecule has 1 fully saturated rings. The number of aryl methyl sites for hydroxylation is 1. The lowest BCUT2D eigenvalue weighted by atomic mass is 10.1. The van der Waals surface area contributed by atoms with Crippen molar-refractivity contribution in [2.45, 2.75) is 37.5 Å². The molecule has 2 aliphatic rings. The zero-order valence-corrected chi connectivity index (χ0v) is 20.2. The van der Waals surface area contributed by atoms with Gasteiger partial charge in [-0.15, -0.1) is 0 Å². The molecule has 1 saturated heterocycles. The van der Waals surface area contributed by atoms with Gasteiger partial charge in [0.1, 0.15) is 5.69 Å². The molecule has 1 aromatic carbocycles. The summed E-state index contributed by atoms with van der Waals surface area (Å²) in [5.41, 5.74) is 4.76. The van der Waals surface area contributed by atoms with Crippen molar-refractivity contribution in [3.05, 3.63) is 47.3 Å². The smallest absolute Gasteiger partial charge is 0.270 e. The van der Waals surface area contributed by atoms with Crippen LogP contribution in [0, 0.1) is 0 Å². The van der Waals surface area contributed by atoms with Crippen LogP contribution in [0.5, 0.6) is 0 Å². The monoisotopic (exact) mass is 464 g/mol. The first-order chi connectivity index (χ1) is 16.3. The number of hydrogen-bond acceptors (Lipinski definition) is 7. The van der Waals surface area contributed by atoms with Crippen molar-refractivity contribution in [2.24, 2.45) is 0 Å². The number of aliphatic hydroxyl groups is 1. The van der Waals surface area contributed by atoms with E-state index in [9.17, 15) is 9.90 Å². The summed E-state index contributed by atoms with van der Waals surface area (Å²) < 4.78 is 7.25. The standard InChI is InChI=1S/C25H32N6O3/c1-29(2)20-8-5-15-11-17(6-7-18(15)20)31-21(24(33)30(3)4)12-16-13-26-25(28-23(16)31)27-19-9-10-34-14-22(19)32/h6-7,11-13,19-20,22,32H,5,8-10,14H2,1-4H3,(H,26,27,28)/t19-,20?,22-/m1/s1. The lowest BCUT2D eigenvalue weighted by molar-refractivity contribution is -0.0136. The van der Waals surface area contributed by atoms with Crippen LogP contribution in [0.15, 0.2) is 30.5 Å². The SMILES string of the molecule is CN(C)C(=O)c1cc2cnc(N[C@@H]3CCOC[C@H]3O)nc2n1-c1ccc2c(c1)CCC2N(C)C. The van der Waals surface area contributed by atoms with E-state index in [2.05, 4.69) is 47.5 Å². The van der Waals surface area contributed by atoms with Crippen molar-refractivity contribution in [3.8, 4) is 5.69 Å². The number of carbonyl (C=O) groups excluding carboxylic acids is 1. The Morgan fingerprint density at radius 1 is 1.21 bits per heavy atom. The van der Waals surface area contributed by atoms with Crippen molar-refractivity contribution in [2.75, 3.05) is 46.7 Å². The van der Waals surface area contributed by atoms with E-state index < -0.39 is 6.10 Å². The first kappa shape index (κ1) is 22.8. The third-order valence-corrected chi connectivity index (χ3v) is 6.86. The maximum absolute atomic E-state index is 13.1. The molecule has 1 unspecified atom stereocenters. The minimum atomic E-state index is -0.618. The van der Waals surface area contributed by atoms with E-state index in [1.807, 2.05) is 10.6 Å². The Hall–Kier alpha value is -3.01. The second kappa shape index (κ2) is 8.98. The van der Waals surface area contributed by atoms with E-state index in [4.69, 9.17) is 9.72 Å². The average molecular weight is 465 g/mol. The van der Waals surface area contributed by atoms with Gasteiger partial charge in [0.2, 0.25) is 5.95 Å². The van der Waals surface area contributed by atoms with Gasteiger partial charge in [-0.25, -0.2) is 4.98 Å². The summed E-state index contributed by atoms with van der Waals surface area (Å²) in [6.45, 7) is 0.874. The Morgan fingerprint density at radius 3 is 2.76 bits per heavy atom. The number of anilines is 1. The molecular weight excluding hydrogens is 432 g/mol. The first-order valence-electron chi connectivity index (χ1n) is 11.8. The van der Waals surface area contributed by atoms with E-state index in [1.54, 1.807) is 25.2 Å². The van der Waals surface area contributed by atoms with Crippen molar-refractivity contribution in [1.29, 1.82) is 0 Å². The largest absolute Gasteiger partial charge is 0.389 e. The summed E-state index contributed by atoms with van der Waals surface area (Å²) in [5, 5.41) is 14.3. The maximum Gasteiger partial charge on any atom is 0.270 e. The molecule has 3 aromatic rings. The van der Waals surface area contributed by atoms with Gasteiger partial charge in [-0.3, -0.25) is 9.36 Å². The minimum Gasteiger partial charge on any atom is -0.389 e. The number of amides is 1. The number of nitrogens with zero attached hydrogens (tertiary/aromatic N) is 5. The molecule has 3 atom stereocenters. The second-order valence-electron chi connectivity index (χ2n) is 9.62. The van der Waals surface area contributed by atoms with Gasteiger partial charge in [-0.05, 0) is 62.7 Å². The Bertz CT molecular complexity index is 1220. The predicted molar refractivity (Wildman–Crippen MR) is 130 cm³/mol. The van der Waals surface area contributed by atoms with Crippen LogP contribution in [-0.4, -0.2) is 88.9 Å². The van der Waals surface area contributed by atoms with Gasteiger partial charge in [-0.1, -0.05) is 6.07 Å². The Kier molecular flexibility index (Phi) is 6.01. The number of aromatic nitrogens is 3. The van der Waals surface area contributed by atoms with Gasteiger partial charge in [0.25, 0.3) is 5.91 Å². The molecule has 1 aliphatic carbocycles. The number of carbonyl (C=O) groups is 1. The zero-order chi connectivity index (χ0) is 24.0. The first-order valence-corrected chi connectivity index (χ1v) is 11.8. The molecular formula is C25H32N6O3. The lowest BCUT2D eigenvalue weighted by Crippen LogP contribution is -2.42. The minimum absolute atomic E-state index is 0.0981. The fourth-order valence-electron chi connectivity index (χ4n) is 5.02. The van der Waals surface area contributed by atoms with Crippen LogP contribution in [0.25, 0.3) is 16.7 Å². The summed E-state index contributed by atoms with van der Waals surface area (Å²) >= 11 is 0. The van der Waals surface area contributed by atoms with E-state index in [-0.39, 0.29) is 11.9 Å². The highest BCUT2D eigenvalue weighted by atomic mass is 16.5. The summed E-state index contributed by atoms with van der Waals surface area (Å²) in [4.78, 5) is 26.2. The van der Waals surface area contributed by atoms with Gasteiger partial charge in [-0.2, -0.15) is 4.98 Å². The molecule has 3 heterocycles. The predicted octanol–water partition coefficient (Wildman–Crippen LogP) is 2.23. The van der Waals surface area contributed by atoms with E-state index in [1.165, 1.54) is 11.1 Å². The van der Waals surface area contributed by atoms with Crippen LogP contribution in [0.2, 0.25) is 0 Å². The van der Waals surface area contributed by atoms with Crippen molar-refractivity contribution in [1.82, 2.24) is 24.3 Å². The number of hydrogen-bond donors (Lipinski definition) is 2. The fraction of sp³-hybridized carbons (Fsp3) is 0.480. The molecule has 9 heteroatoms. The molecule has 0 radical (unpaired) electrons. The van der Waals surface area contributed by atoms with Crippen molar-refractivity contribution in [3.63, 3.8) is 0 Å². The number of nitrogens with one attached hydrogen (secondary N) is 1. The zero-order valence-electron chi connectivity index (χ0n) is 20.2. The Balaban J connectivity index is 1.60. The summed E-state index contributed by atoms with van der Waals surface area (Å²) in [6.07, 6.45) is 3.88. The number of benzene rings is 1. The van der Waals surface area contributed by atoms with Crippen LogP contribution in [0.3, 0.4) is 0 Å². The van der Waals surface area contributed by atoms with Gasteiger partial charge in [0, 0.05) is 44.0 Å². The van der Waals surface area contributed by atoms with E-state index in [0.29, 0.717) is 43.0 Å². The third-order valence-electron chi connectivity index (χ3n) is 6.86. The molecule has 1 amide bonds. The third kappa shape index (κ3) is 4.04. The van der Waals surface area contributed by atoms with Gasteiger partial charge in [0.15, 0.2) is 5.65 Å². The summed E-state index contributed by atoms with van der Waals surface area (Å²) in [7, 11) is 7.73. The van der Waals surface area contributed by atoms with Crippen molar-refractivity contribution < 1.29 is 14.6 Å². The Morgan fingerprint density at radius 2 is 2.03 bits per heavy atom. The van der Waals surface area contributed by atoms with E-state index in [0.717, 1.165) is 23.9 Å². The van der Waals surface area contributed by atoms with Crippen LogP contribution < -0.4 is 5.32 Å². The Labute approximate surface area is 199 Å². The number of ether oxygens (including phenoxy) is 1. The molecule has 5 rings (SSSR count). The molecule has 9 nitrogen and oxygen atoms in total. The quantitative estimate of drug-likeness (QED) is 0.598. The van der Waals surface area contributed by atoms with Crippen LogP contribution in [0.4, 0.5) is 5.95 Å². The molecule has 1 aliphatic heterocycles. The van der Waals surface area contributed by atoms with Gasteiger partial charge in [0.05, 0.1) is 18.8 Å². The van der Waals surface area contributed by atoms with Crippen LogP contribution in [-0.2, 0) is 11.2 Å². The molecule has 180 valence electrons. The topological polar surface area (TPSA) is 95.8 Å². The number of aliphatic hydroxyl groups excluding tert-OH is 1. The fourth-order valence-corrected chi connectivity index (χ4v) is 5.02. The van der Waals surface area contributed by atoms with Crippen molar-refractivity contribution >= 4 is 22.9 Å². The van der Waals surface area contributed by atoms with E-state index >= 15 is 0 Å². The molecule has 0 saturated carbocycles. The summed E-state index contributed by atoms with van der Waals surface area (Å²) in [6, 6.07) is 8.52. The molecule has 34 heavy (non-hydrogen) atoms. The van der Waals surface area contributed by atoms with Crippen LogP contribution >= 0.6 is 0 Å². The molecule has 2 N–H and O–H groups in total. The van der Waals surface area contributed by atoms with Gasteiger partial charge < -0.3 is 25.0 Å². The highest BCUT2D eigenvalue weighted by molar-refractivity contribution is 5.98. The maximum atomic E-state index is 13.1. The van der Waals surface area contributed by atoms with Crippen LogP contribution in [0.1, 0.15) is 40.5 Å². The lowest BCUT2D eigenvalue weighted by Gasteiger charge is -2.28. The summed E-state index contributed by atoms with van der Waals surface area (Å²) in [5.74, 6) is 0.328. The number of fused-ring (bicyclic) bond motifs is 2. The molecule has 0 spiro atoms. The number of rotatable bonds is 5. The normalized spacial score (nSPS) is 22.2. The van der Waals surface area contributed by atoms with Gasteiger partial charge >= 0.3 is 0 Å². The highest BCUT2D eigenvalue weighted by Crippen LogP contribution is 2.36. The average Bonchev–Trinajstić information content (AvgIpc) is 3.41. The second-order valence-corrected chi connectivity index (χ2v) is 9.62. The molecule has 0 bridgehead atoms.